The van der Waals surface area contributed by atoms with E-state index in [1.54, 1.807) is 12.4 Å². The first-order chi connectivity index (χ1) is 9.92. The zero-order chi connectivity index (χ0) is 14.0. The Balaban J connectivity index is 1.75. The second-order valence-corrected chi connectivity index (χ2v) is 4.65. The second kappa shape index (κ2) is 8.50. The minimum Gasteiger partial charge on any atom is -0.380 e. The van der Waals surface area contributed by atoms with Crippen molar-refractivity contribution < 1.29 is 4.74 Å². The molecule has 0 aromatic carbocycles. The molecule has 0 atom stereocenters. The Bertz CT molecular complexity index is 406. The van der Waals surface area contributed by atoms with Gasteiger partial charge < -0.3 is 19.2 Å². The van der Waals surface area contributed by atoms with E-state index in [0.29, 0.717) is 0 Å². The molecule has 0 radical (unpaired) electrons. The summed E-state index contributed by atoms with van der Waals surface area (Å²) in [7, 11) is 0. The van der Waals surface area contributed by atoms with Crippen LogP contribution in [0.4, 0.5) is 0 Å². The molecule has 6 heteroatoms. The molecule has 0 bridgehead atoms. The van der Waals surface area contributed by atoms with Crippen LogP contribution in [-0.2, 0) is 4.74 Å². The van der Waals surface area contributed by atoms with Crippen molar-refractivity contribution >= 4 is 0 Å². The molecular formula is C14H23N5O. The maximum absolute atomic E-state index is 5.44. The van der Waals surface area contributed by atoms with Crippen LogP contribution in [0.5, 0.6) is 0 Å². The maximum atomic E-state index is 5.44. The SMILES string of the molecule is CCCOCCNCCC(n1ccnc1)n1ccnc1. The van der Waals surface area contributed by atoms with Gasteiger partial charge in [0.15, 0.2) is 0 Å². The quantitative estimate of drug-likeness (QED) is 0.669. The number of aromatic nitrogens is 4. The molecule has 0 spiro atoms. The van der Waals surface area contributed by atoms with Gasteiger partial charge in [-0.15, -0.1) is 0 Å². The fourth-order valence-corrected chi connectivity index (χ4v) is 2.09. The molecule has 2 aromatic rings. The Labute approximate surface area is 119 Å². The predicted molar refractivity (Wildman–Crippen MR) is 77.5 cm³/mol. The molecule has 0 unspecified atom stereocenters. The van der Waals surface area contributed by atoms with E-state index >= 15 is 0 Å². The fraction of sp³-hybridized carbons (Fsp3) is 0.571. The van der Waals surface area contributed by atoms with Crippen molar-refractivity contribution in [2.24, 2.45) is 0 Å². The summed E-state index contributed by atoms with van der Waals surface area (Å²) in [4.78, 5) is 8.24. The number of rotatable bonds is 10. The molecule has 20 heavy (non-hydrogen) atoms. The highest BCUT2D eigenvalue weighted by atomic mass is 16.5. The van der Waals surface area contributed by atoms with E-state index in [1.807, 2.05) is 25.0 Å². The summed E-state index contributed by atoms with van der Waals surface area (Å²) in [5, 5.41) is 3.41. The third-order valence-corrected chi connectivity index (χ3v) is 3.09. The Morgan fingerprint density at radius 3 is 2.30 bits per heavy atom. The first-order valence-corrected chi connectivity index (χ1v) is 7.15. The first-order valence-electron chi connectivity index (χ1n) is 7.15. The molecule has 0 amide bonds. The molecule has 1 N–H and O–H groups in total. The smallest absolute Gasteiger partial charge is 0.113 e. The monoisotopic (exact) mass is 277 g/mol. The summed E-state index contributed by atoms with van der Waals surface area (Å²) < 4.78 is 9.63. The van der Waals surface area contributed by atoms with Crippen molar-refractivity contribution in [1.29, 1.82) is 0 Å². The van der Waals surface area contributed by atoms with Gasteiger partial charge in [-0.05, 0) is 19.4 Å². The molecule has 2 rings (SSSR count). The number of hydrogen-bond acceptors (Lipinski definition) is 4. The van der Waals surface area contributed by atoms with Crippen molar-refractivity contribution in [3.8, 4) is 0 Å². The lowest BCUT2D eigenvalue weighted by Crippen LogP contribution is -2.26. The first kappa shape index (κ1) is 14.7. The minimum absolute atomic E-state index is 0.212. The minimum atomic E-state index is 0.212. The van der Waals surface area contributed by atoms with Crippen molar-refractivity contribution in [2.75, 3.05) is 26.3 Å². The van der Waals surface area contributed by atoms with Gasteiger partial charge in [0, 0.05) is 37.9 Å². The van der Waals surface area contributed by atoms with Crippen LogP contribution < -0.4 is 5.32 Å². The summed E-state index contributed by atoms with van der Waals surface area (Å²) in [6, 6.07) is 0. The van der Waals surface area contributed by atoms with Gasteiger partial charge in [-0.2, -0.15) is 0 Å². The topological polar surface area (TPSA) is 56.9 Å². The molecule has 0 aliphatic heterocycles. The second-order valence-electron chi connectivity index (χ2n) is 4.65. The highest BCUT2D eigenvalue weighted by molar-refractivity contribution is 4.86. The average molecular weight is 277 g/mol. The molecule has 0 aliphatic carbocycles. The molecule has 6 nitrogen and oxygen atoms in total. The zero-order valence-corrected chi connectivity index (χ0v) is 12.0. The fourth-order valence-electron chi connectivity index (χ4n) is 2.09. The van der Waals surface area contributed by atoms with E-state index in [2.05, 4.69) is 31.3 Å². The highest BCUT2D eigenvalue weighted by Crippen LogP contribution is 2.13. The molecule has 2 aromatic heterocycles. The van der Waals surface area contributed by atoms with Gasteiger partial charge in [0.1, 0.15) is 6.17 Å². The van der Waals surface area contributed by atoms with Crippen molar-refractivity contribution in [1.82, 2.24) is 24.4 Å². The lowest BCUT2D eigenvalue weighted by Gasteiger charge is -2.20. The summed E-state index contributed by atoms with van der Waals surface area (Å²) in [6.07, 6.45) is 13.5. The van der Waals surface area contributed by atoms with Gasteiger partial charge in [0.05, 0.1) is 19.3 Å². The normalized spacial score (nSPS) is 11.3. The van der Waals surface area contributed by atoms with Crippen molar-refractivity contribution in [3.05, 3.63) is 37.4 Å². The van der Waals surface area contributed by atoms with E-state index in [0.717, 1.165) is 39.1 Å². The van der Waals surface area contributed by atoms with Crippen LogP contribution in [0.15, 0.2) is 37.4 Å². The van der Waals surface area contributed by atoms with Crippen LogP contribution >= 0.6 is 0 Å². The van der Waals surface area contributed by atoms with Crippen molar-refractivity contribution in [2.45, 2.75) is 25.9 Å². The van der Waals surface area contributed by atoms with Crippen LogP contribution in [0.1, 0.15) is 25.9 Å². The summed E-state index contributed by atoms with van der Waals surface area (Å²) in [5.74, 6) is 0. The predicted octanol–water partition coefficient (Wildman–Crippen LogP) is 1.53. The average Bonchev–Trinajstić information content (AvgIpc) is 3.14. The Hall–Kier alpha value is -1.66. The van der Waals surface area contributed by atoms with Crippen LogP contribution in [0.3, 0.4) is 0 Å². The summed E-state index contributed by atoms with van der Waals surface area (Å²) in [6.45, 7) is 5.55. The van der Waals surface area contributed by atoms with E-state index in [1.165, 1.54) is 0 Å². The molecule has 0 saturated carbocycles. The van der Waals surface area contributed by atoms with Gasteiger partial charge in [-0.25, -0.2) is 9.97 Å². The van der Waals surface area contributed by atoms with Crippen LogP contribution in [-0.4, -0.2) is 45.4 Å². The molecule has 0 aliphatic rings. The lowest BCUT2D eigenvalue weighted by molar-refractivity contribution is 0.136. The van der Waals surface area contributed by atoms with Gasteiger partial charge in [0.2, 0.25) is 0 Å². The number of hydrogen-bond donors (Lipinski definition) is 1. The Morgan fingerprint density at radius 2 is 1.75 bits per heavy atom. The largest absolute Gasteiger partial charge is 0.380 e. The highest BCUT2D eigenvalue weighted by Gasteiger charge is 2.11. The maximum Gasteiger partial charge on any atom is 0.113 e. The number of imidazole rings is 2. The number of nitrogens with one attached hydrogen (secondary N) is 1. The van der Waals surface area contributed by atoms with E-state index in [-0.39, 0.29) is 6.17 Å². The number of ether oxygens (including phenoxy) is 1. The molecule has 2 heterocycles. The van der Waals surface area contributed by atoms with E-state index in [4.69, 9.17) is 4.74 Å². The van der Waals surface area contributed by atoms with Gasteiger partial charge in [0.25, 0.3) is 0 Å². The van der Waals surface area contributed by atoms with Crippen LogP contribution in [0, 0.1) is 0 Å². The van der Waals surface area contributed by atoms with Crippen LogP contribution in [0.2, 0.25) is 0 Å². The summed E-state index contributed by atoms with van der Waals surface area (Å²) in [5.41, 5.74) is 0. The third-order valence-electron chi connectivity index (χ3n) is 3.09. The lowest BCUT2D eigenvalue weighted by atomic mass is 10.3. The van der Waals surface area contributed by atoms with Gasteiger partial charge in [-0.3, -0.25) is 0 Å². The molecule has 110 valence electrons. The zero-order valence-electron chi connectivity index (χ0n) is 12.0. The van der Waals surface area contributed by atoms with Gasteiger partial charge >= 0.3 is 0 Å². The third kappa shape index (κ3) is 4.47. The standard InChI is InChI=1S/C14H23N5O/c1-2-10-20-11-7-15-4-3-14(18-8-5-16-12-18)19-9-6-17-13-19/h5-6,8-9,12-15H,2-4,7,10-11H2,1H3. The Kier molecular flexibility index (Phi) is 6.26. The van der Waals surface area contributed by atoms with E-state index < -0.39 is 0 Å². The van der Waals surface area contributed by atoms with E-state index in [9.17, 15) is 0 Å². The van der Waals surface area contributed by atoms with Crippen molar-refractivity contribution in [3.63, 3.8) is 0 Å². The summed E-state index contributed by atoms with van der Waals surface area (Å²) >= 11 is 0. The molecule has 0 saturated heterocycles. The molecule has 0 fully saturated rings. The van der Waals surface area contributed by atoms with Gasteiger partial charge in [-0.1, -0.05) is 6.92 Å². The Morgan fingerprint density at radius 1 is 1.05 bits per heavy atom. The van der Waals surface area contributed by atoms with Crippen LogP contribution in [0.25, 0.3) is 0 Å². The molecular weight excluding hydrogens is 254 g/mol. The number of nitrogens with zero attached hydrogens (tertiary/aromatic N) is 4.